The summed E-state index contributed by atoms with van der Waals surface area (Å²) in [6.45, 7) is 6.24. The maximum atomic E-state index is 5.94. The number of benzene rings is 1. The van der Waals surface area contributed by atoms with Crippen molar-refractivity contribution in [3.05, 3.63) is 23.8 Å². The minimum atomic E-state index is 0.894. The third-order valence-electron chi connectivity index (χ3n) is 4.43. The second-order valence-corrected chi connectivity index (χ2v) is 5.88. The molecule has 3 heteroatoms. The molecule has 1 fully saturated rings. The summed E-state index contributed by atoms with van der Waals surface area (Å²) in [4.78, 5) is 5.13. The van der Waals surface area contributed by atoms with Gasteiger partial charge in [-0.1, -0.05) is 6.07 Å². The van der Waals surface area contributed by atoms with Gasteiger partial charge in [0.25, 0.3) is 0 Å². The quantitative estimate of drug-likeness (QED) is 0.843. The van der Waals surface area contributed by atoms with E-state index in [9.17, 15) is 0 Å². The van der Waals surface area contributed by atoms with Crippen molar-refractivity contribution in [1.29, 1.82) is 0 Å². The van der Waals surface area contributed by atoms with Crippen molar-refractivity contribution in [2.75, 3.05) is 43.4 Å². The minimum Gasteiger partial charge on any atom is -0.399 e. The molecular weight excluding hydrogens is 234 g/mol. The van der Waals surface area contributed by atoms with E-state index in [0.717, 1.165) is 5.69 Å². The highest BCUT2D eigenvalue weighted by atomic mass is 15.2. The van der Waals surface area contributed by atoms with Crippen molar-refractivity contribution in [1.82, 2.24) is 4.90 Å². The second kappa shape index (κ2) is 5.83. The Kier molecular flexibility index (Phi) is 3.92. The van der Waals surface area contributed by atoms with E-state index < -0.39 is 0 Å². The first-order chi connectivity index (χ1) is 9.33. The van der Waals surface area contributed by atoms with Gasteiger partial charge >= 0.3 is 0 Å². The van der Waals surface area contributed by atoms with Crippen LogP contribution in [0.25, 0.3) is 0 Å². The lowest BCUT2D eigenvalue weighted by Gasteiger charge is -2.32. The zero-order valence-electron chi connectivity index (χ0n) is 11.8. The van der Waals surface area contributed by atoms with Crippen LogP contribution in [-0.4, -0.2) is 37.6 Å². The molecular formula is C16H25N3. The number of likely N-dealkylation sites (tertiary alicyclic amines) is 1. The average Bonchev–Trinajstić information content (AvgIpc) is 2.92. The number of rotatable bonds is 4. The average molecular weight is 259 g/mol. The molecule has 2 aliphatic heterocycles. The number of nitrogens with zero attached hydrogens (tertiary/aromatic N) is 2. The van der Waals surface area contributed by atoms with Crippen LogP contribution in [0.4, 0.5) is 11.4 Å². The molecule has 0 atom stereocenters. The van der Waals surface area contributed by atoms with E-state index in [1.807, 2.05) is 6.07 Å². The Morgan fingerprint density at radius 2 is 1.84 bits per heavy atom. The summed E-state index contributed by atoms with van der Waals surface area (Å²) >= 11 is 0. The lowest BCUT2D eigenvalue weighted by atomic mass is 10.0. The van der Waals surface area contributed by atoms with E-state index >= 15 is 0 Å². The van der Waals surface area contributed by atoms with Crippen LogP contribution < -0.4 is 10.6 Å². The zero-order chi connectivity index (χ0) is 13.1. The van der Waals surface area contributed by atoms with E-state index in [-0.39, 0.29) is 0 Å². The summed E-state index contributed by atoms with van der Waals surface area (Å²) in [5, 5.41) is 0. The van der Waals surface area contributed by atoms with Gasteiger partial charge in [0.05, 0.1) is 0 Å². The van der Waals surface area contributed by atoms with Gasteiger partial charge in [-0.05, 0) is 69.4 Å². The smallest absolute Gasteiger partial charge is 0.0419 e. The highest BCUT2D eigenvalue weighted by molar-refractivity contribution is 5.62. The van der Waals surface area contributed by atoms with Crippen molar-refractivity contribution >= 4 is 11.4 Å². The van der Waals surface area contributed by atoms with Crippen molar-refractivity contribution in [2.45, 2.75) is 32.1 Å². The summed E-state index contributed by atoms with van der Waals surface area (Å²) < 4.78 is 0. The Morgan fingerprint density at radius 1 is 1.00 bits per heavy atom. The summed E-state index contributed by atoms with van der Waals surface area (Å²) in [6.07, 6.45) is 6.54. The van der Waals surface area contributed by atoms with Crippen molar-refractivity contribution in [3.63, 3.8) is 0 Å². The monoisotopic (exact) mass is 259 g/mol. The number of anilines is 2. The number of nitrogens with two attached hydrogens (primary N) is 1. The molecule has 0 radical (unpaired) electrons. The minimum absolute atomic E-state index is 0.894. The van der Waals surface area contributed by atoms with Gasteiger partial charge in [-0.15, -0.1) is 0 Å². The fourth-order valence-corrected chi connectivity index (χ4v) is 3.39. The molecule has 2 aliphatic rings. The van der Waals surface area contributed by atoms with Crippen LogP contribution in [0.2, 0.25) is 0 Å². The Hall–Kier alpha value is -1.22. The van der Waals surface area contributed by atoms with E-state index in [1.165, 1.54) is 76.1 Å². The van der Waals surface area contributed by atoms with Gasteiger partial charge in [0.1, 0.15) is 0 Å². The fraction of sp³-hybridized carbons (Fsp3) is 0.625. The number of nitrogen functional groups attached to an aromatic ring is 1. The molecule has 0 aromatic heterocycles. The molecule has 0 saturated carbocycles. The molecule has 0 aliphatic carbocycles. The maximum absolute atomic E-state index is 5.94. The second-order valence-electron chi connectivity index (χ2n) is 5.88. The topological polar surface area (TPSA) is 32.5 Å². The molecule has 3 nitrogen and oxygen atoms in total. The molecule has 0 bridgehead atoms. The molecule has 0 spiro atoms. The van der Waals surface area contributed by atoms with Gasteiger partial charge in [-0.2, -0.15) is 0 Å². The third kappa shape index (κ3) is 3.03. The highest BCUT2D eigenvalue weighted by Crippen LogP contribution is 2.29. The lowest BCUT2D eigenvalue weighted by Crippen LogP contribution is -2.32. The zero-order valence-corrected chi connectivity index (χ0v) is 11.8. The van der Waals surface area contributed by atoms with Crippen LogP contribution >= 0.6 is 0 Å². The van der Waals surface area contributed by atoms with Crippen LogP contribution in [0.5, 0.6) is 0 Å². The van der Waals surface area contributed by atoms with Crippen molar-refractivity contribution in [3.8, 4) is 0 Å². The fourth-order valence-electron chi connectivity index (χ4n) is 3.39. The summed E-state index contributed by atoms with van der Waals surface area (Å²) in [6, 6.07) is 6.40. The SMILES string of the molecule is Nc1ccc2c(c1)N(CCCN1CCCC1)CCC2. The summed E-state index contributed by atoms with van der Waals surface area (Å²) in [7, 11) is 0. The van der Waals surface area contributed by atoms with Crippen LogP contribution in [0.3, 0.4) is 0 Å². The van der Waals surface area contributed by atoms with Gasteiger partial charge in [0, 0.05) is 24.5 Å². The molecule has 19 heavy (non-hydrogen) atoms. The Labute approximate surface area is 116 Å². The van der Waals surface area contributed by atoms with E-state index in [1.54, 1.807) is 0 Å². The first kappa shape index (κ1) is 12.8. The molecule has 0 unspecified atom stereocenters. The predicted octanol–water partition coefficient (Wildman–Crippen LogP) is 2.51. The molecule has 2 heterocycles. The molecule has 104 valence electrons. The Balaban J connectivity index is 1.58. The van der Waals surface area contributed by atoms with Crippen molar-refractivity contribution in [2.24, 2.45) is 0 Å². The summed E-state index contributed by atoms with van der Waals surface area (Å²) in [5.41, 5.74) is 9.69. The van der Waals surface area contributed by atoms with E-state index in [0.29, 0.717) is 0 Å². The van der Waals surface area contributed by atoms with Crippen molar-refractivity contribution < 1.29 is 0 Å². The Morgan fingerprint density at radius 3 is 2.68 bits per heavy atom. The highest BCUT2D eigenvalue weighted by Gasteiger charge is 2.17. The lowest BCUT2D eigenvalue weighted by molar-refractivity contribution is 0.334. The van der Waals surface area contributed by atoms with Crippen LogP contribution in [0, 0.1) is 0 Å². The molecule has 1 aromatic rings. The van der Waals surface area contributed by atoms with E-state index in [2.05, 4.69) is 21.9 Å². The van der Waals surface area contributed by atoms with Gasteiger partial charge in [-0.3, -0.25) is 0 Å². The molecule has 3 rings (SSSR count). The first-order valence-corrected chi connectivity index (χ1v) is 7.69. The normalized spacial score (nSPS) is 19.7. The number of fused-ring (bicyclic) bond motifs is 1. The van der Waals surface area contributed by atoms with Gasteiger partial charge in [0.2, 0.25) is 0 Å². The molecule has 1 aromatic carbocycles. The largest absolute Gasteiger partial charge is 0.399 e. The van der Waals surface area contributed by atoms with Gasteiger partial charge in [-0.25, -0.2) is 0 Å². The molecule has 0 amide bonds. The number of aryl methyl sites for hydroxylation is 1. The maximum Gasteiger partial charge on any atom is 0.0419 e. The number of hydrogen-bond donors (Lipinski definition) is 1. The summed E-state index contributed by atoms with van der Waals surface area (Å²) in [5.74, 6) is 0. The van der Waals surface area contributed by atoms with Gasteiger partial charge < -0.3 is 15.5 Å². The van der Waals surface area contributed by atoms with Crippen LogP contribution in [-0.2, 0) is 6.42 Å². The van der Waals surface area contributed by atoms with Gasteiger partial charge in [0.15, 0.2) is 0 Å². The molecule has 1 saturated heterocycles. The standard InChI is InChI=1S/C16H25N3/c17-15-7-6-14-5-3-11-19(16(14)13-15)12-4-10-18-8-1-2-9-18/h6-7,13H,1-5,8-12,17H2. The molecule has 2 N–H and O–H groups in total. The Bertz CT molecular complexity index is 424. The first-order valence-electron chi connectivity index (χ1n) is 7.69. The predicted molar refractivity (Wildman–Crippen MR) is 81.7 cm³/mol. The third-order valence-corrected chi connectivity index (χ3v) is 4.43. The van der Waals surface area contributed by atoms with Crippen LogP contribution in [0.1, 0.15) is 31.2 Å². The van der Waals surface area contributed by atoms with Crippen LogP contribution in [0.15, 0.2) is 18.2 Å². The number of hydrogen-bond acceptors (Lipinski definition) is 3. The van der Waals surface area contributed by atoms with E-state index in [4.69, 9.17) is 5.73 Å².